The van der Waals surface area contributed by atoms with Crippen molar-refractivity contribution in [2.45, 2.75) is 26.3 Å². The van der Waals surface area contributed by atoms with E-state index in [4.69, 9.17) is 19.2 Å². The molecular formula is C20H34N4O3. The number of methoxy groups -OCH3 is 1. The predicted octanol–water partition coefficient (Wildman–Crippen LogP) is 1.74. The Morgan fingerprint density at radius 2 is 1.81 bits per heavy atom. The summed E-state index contributed by atoms with van der Waals surface area (Å²) in [6.45, 7) is 12.8. The summed E-state index contributed by atoms with van der Waals surface area (Å²) in [7, 11) is 1.65. The van der Waals surface area contributed by atoms with Crippen LogP contribution in [0.2, 0.25) is 0 Å². The molecule has 0 bridgehead atoms. The van der Waals surface area contributed by atoms with Crippen molar-refractivity contribution in [3.63, 3.8) is 0 Å². The number of benzene rings is 1. The molecule has 1 heterocycles. The van der Waals surface area contributed by atoms with E-state index in [0.29, 0.717) is 13.2 Å². The highest BCUT2D eigenvalue weighted by Crippen LogP contribution is 2.17. The minimum atomic E-state index is 0.00568. The second-order valence-corrected chi connectivity index (χ2v) is 7.06. The number of hydrogen-bond donors (Lipinski definition) is 2. The molecule has 7 nitrogen and oxygen atoms in total. The average molecular weight is 379 g/mol. The van der Waals surface area contributed by atoms with Crippen LogP contribution in [0.15, 0.2) is 29.3 Å². The number of rotatable bonds is 9. The molecule has 0 aromatic heterocycles. The molecule has 7 heteroatoms. The number of guanidine groups is 1. The van der Waals surface area contributed by atoms with Gasteiger partial charge < -0.3 is 24.8 Å². The van der Waals surface area contributed by atoms with E-state index in [0.717, 1.165) is 56.9 Å². The van der Waals surface area contributed by atoms with Gasteiger partial charge >= 0.3 is 0 Å². The van der Waals surface area contributed by atoms with Crippen LogP contribution in [0.25, 0.3) is 0 Å². The van der Waals surface area contributed by atoms with Gasteiger partial charge in [0, 0.05) is 25.2 Å². The molecule has 1 fully saturated rings. The van der Waals surface area contributed by atoms with Gasteiger partial charge in [0.2, 0.25) is 0 Å². The second kappa shape index (κ2) is 11.0. The average Bonchev–Trinajstić information content (AvgIpc) is 2.70. The number of hydrogen-bond acceptors (Lipinski definition) is 5. The fourth-order valence-corrected chi connectivity index (χ4v) is 2.89. The van der Waals surface area contributed by atoms with E-state index < -0.39 is 0 Å². The maximum atomic E-state index is 5.75. The van der Waals surface area contributed by atoms with E-state index in [9.17, 15) is 0 Å². The van der Waals surface area contributed by atoms with Crippen molar-refractivity contribution in [3.8, 4) is 11.5 Å². The molecule has 0 amide bonds. The highest BCUT2D eigenvalue weighted by atomic mass is 16.5. The molecule has 0 aliphatic carbocycles. The molecule has 1 aliphatic rings. The third-order valence-corrected chi connectivity index (χ3v) is 4.56. The van der Waals surface area contributed by atoms with Crippen LogP contribution < -0.4 is 20.1 Å². The van der Waals surface area contributed by atoms with Gasteiger partial charge in [0.25, 0.3) is 0 Å². The molecule has 1 aliphatic heterocycles. The number of morpholine rings is 1. The molecule has 0 unspecified atom stereocenters. The zero-order valence-corrected chi connectivity index (χ0v) is 17.1. The smallest absolute Gasteiger partial charge is 0.191 e. The summed E-state index contributed by atoms with van der Waals surface area (Å²) in [6, 6.07) is 7.59. The summed E-state index contributed by atoms with van der Waals surface area (Å²) >= 11 is 0. The lowest BCUT2D eigenvalue weighted by molar-refractivity contribution is -0.00683. The Morgan fingerprint density at radius 1 is 1.15 bits per heavy atom. The molecule has 152 valence electrons. The molecule has 1 saturated heterocycles. The topological polar surface area (TPSA) is 67.4 Å². The molecule has 0 saturated carbocycles. The second-order valence-electron chi connectivity index (χ2n) is 7.06. The first kappa shape index (κ1) is 21.3. The SMILES string of the molecule is CCNC(=NCC(C)(C)N1CCOCC1)NCCOc1ccc(OC)cc1. The van der Waals surface area contributed by atoms with Crippen LogP contribution in [0.5, 0.6) is 11.5 Å². The number of aliphatic imine (C=N–C) groups is 1. The van der Waals surface area contributed by atoms with E-state index in [2.05, 4.69) is 36.3 Å². The number of nitrogens with one attached hydrogen (secondary N) is 2. The van der Waals surface area contributed by atoms with Crippen molar-refractivity contribution in [1.29, 1.82) is 0 Å². The molecule has 2 rings (SSSR count). The van der Waals surface area contributed by atoms with Crippen LogP contribution in [0.1, 0.15) is 20.8 Å². The molecule has 0 spiro atoms. The lowest BCUT2D eigenvalue weighted by Crippen LogP contribution is -2.52. The van der Waals surface area contributed by atoms with Gasteiger partial charge in [0.15, 0.2) is 5.96 Å². The molecular weight excluding hydrogens is 344 g/mol. The zero-order chi connectivity index (χ0) is 19.5. The minimum absolute atomic E-state index is 0.00568. The highest BCUT2D eigenvalue weighted by Gasteiger charge is 2.28. The third kappa shape index (κ3) is 7.27. The summed E-state index contributed by atoms with van der Waals surface area (Å²) in [5, 5.41) is 6.63. The van der Waals surface area contributed by atoms with E-state index in [1.165, 1.54) is 0 Å². The van der Waals surface area contributed by atoms with Crippen LogP contribution in [0.3, 0.4) is 0 Å². The molecule has 27 heavy (non-hydrogen) atoms. The lowest BCUT2D eigenvalue weighted by atomic mass is 10.0. The van der Waals surface area contributed by atoms with Crippen molar-refractivity contribution in [1.82, 2.24) is 15.5 Å². The molecule has 2 N–H and O–H groups in total. The van der Waals surface area contributed by atoms with E-state index in [-0.39, 0.29) is 5.54 Å². The molecule has 0 radical (unpaired) electrons. The first-order valence-corrected chi connectivity index (χ1v) is 9.67. The Hall–Kier alpha value is -1.99. The fourth-order valence-electron chi connectivity index (χ4n) is 2.89. The van der Waals surface area contributed by atoms with E-state index >= 15 is 0 Å². The Kier molecular flexibility index (Phi) is 8.67. The van der Waals surface area contributed by atoms with Gasteiger partial charge in [-0.3, -0.25) is 9.89 Å². The van der Waals surface area contributed by atoms with Crippen LogP contribution in [-0.2, 0) is 4.74 Å². The van der Waals surface area contributed by atoms with E-state index in [1.807, 2.05) is 24.3 Å². The van der Waals surface area contributed by atoms with Crippen molar-refractivity contribution in [3.05, 3.63) is 24.3 Å². The van der Waals surface area contributed by atoms with E-state index in [1.54, 1.807) is 7.11 Å². The van der Waals surface area contributed by atoms with Gasteiger partial charge in [-0.05, 0) is 45.0 Å². The fraction of sp³-hybridized carbons (Fsp3) is 0.650. The largest absolute Gasteiger partial charge is 0.497 e. The van der Waals surface area contributed by atoms with Crippen LogP contribution in [0.4, 0.5) is 0 Å². The minimum Gasteiger partial charge on any atom is -0.497 e. The van der Waals surface area contributed by atoms with Crippen molar-refractivity contribution >= 4 is 5.96 Å². The zero-order valence-electron chi connectivity index (χ0n) is 17.1. The predicted molar refractivity (Wildman–Crippen MR) is 109 cm³/mol. The van der Waals surface area contributed by atoms with Gasteiger partial charge in [-0.1, -0.05) is 0 Å². The molecule has 0 atom stereocenters. The maximum absolute atomic E-state index is 5.75. The summed E-state index contributed by atoms with van der Waals surface area (Å²) in [6.07, 6.45) is 0. The van der Waals surface area contributed by atoms with Crippen LogP contribution >= 0.6 is 0 Å². The third-order valence-electron chi connectivity index (χ3n) is 4.56. The standard InChI is InChI=1S/C20H34N4O3/c1-5-21-19(23-16-20(2,3)24-11-14-26-15-12-24)22-10-13-27-18-8-6-17(25-4)7-9-18/h6-9H,5,10-16H2,1-4H3,(H2,21,22,23). The normalized spacial score (nSPS) is 16.1. The summed E-state index contributed by atoms with van der Waals surface area (Å²) < 4.78 is 16.4. The Balaban J connectivity index is 1.78. The van der Waals surface area contributed by atoms with Gasteiger partial charge in [0.05, 0.1) is 33.4 Å². The number of ether oxygens (including phenoxy) is 3. The summed E-state index contributed by atoms with van der Waals surface area (Å²) in [5.41, 5.74) is 0.00568. The van der Waals surface area contributed by atoms with Crippen LogP contribution in [0, 0.1) is 0 Å². The summed E-state index contributed by atoms with van der Waals surface area (Å²) in [5.74, 6) is 2.47. The van der Waals surface area contributed by atoms with Gasteiger partial charge in [0.1, 0.15) is 18.1 Å². The monoisotopic (exact) mass is 378 g/mol. The van der Waals surface area contributed by atoms with Gasteiger partial charge in [-0.15, -0.1) is 0 Å². The first-order valence-electron chi connectivity index (χ1n) is 9.67. The molecule has 1 aromatic carbocycles. The Bertz CT molecular complexity index is 569. The lowest BCUT2D eigenvalue weighted by Gasteiger charge is -2.39. The van der Waals surface area contributed by atoms with Crippen LogP contribution in [-0.4, -0.2) is 76.1 Å². The maximum Gasteiger partial charge on any atom is 0.191 e. The van der Waals surface area contributed by atoms with Crippen molar-refractivity contribution in [2.75, 3.05) is 59.7 Å². The van der Waals surface area contributed by atoms with Gasteiger partial charge in [-0.25, -0.2) is 0 Å². The van der Waals surface area contributed by atoms with Crippen molar-refractivity contribution in [2.24, 2.45) is 4.99 Å². The highest BCUT2D eigenvalue weighted by molar-refractivity contribution is 5.79. The Labute approximate surface area is 163 Å². The molecule has 1 aromatic rings. The number of nitrogens with zero attached hydrogens (tertiary/aromatic N) is 2. The van der Waals surface area contributed by atoms with Crippen molar-refractivity contribution < 1.29 is 14.2 Å². The quantitative estimate of drug-likeness (QED) is 0.388. The first-order chi connectivity index (χ1) is 13.0. The Morgan fingerprint density at radius 3 is 2.44 bits per heavy atom. The summed E-state index contributed by atoms with van der Waals surface area (Å²) in [4.78, 5) is 7.21. The van der Waals surface area contributed by atoms with Gasteiger partial charge in [-0.2, -0.15) is 0 Å².